The van der Waals surface area contributed by atoms with Gasteiger partial charge in [-0.05, 0) is 31.5 Å². The van der Waals surface area contributed by atoms with Crippen LogP contribution in [0.1, 0.15) is 33.2 Å². The smallest absolute Gasteiger partial charge is 0.338 e. The summed E-state index contributed by atoms with van der Waals surface area (Å²) in [4.78, 5) is 29.6. The number of nitrogens with zero attached hydrogens (tertiary/aromatic N) is 2. The normalized spacial score (nSPS) is 10.0. The van der Waals surface area contributed by atoms with Gasteiger partial charge in [-0.3, -0.25) is 4.79 Å². The fraction of sp³-hybridized carbons (Fsp3) is 0.222. The quantitative estimate of drug-likeness (QED) is 0.404. The van der Waals surface area contributed by atoms with Gasteiger partial charge in [-0.25, -0.2) is 14.8 Å². The summed E-state index contributed by atoms with van der Waals surface area (Å²) in [5, 5.41) is 5.15. The van der Waals surface area contributed by atoms with Crippen LogP contribution in [0.15, 0.2) is 29.9 Å². The van der Waals surface area contributed by atoms with Crippen molar-refractivity contribution in [3.05, 3.63) is 51.7 Å². The highest BCUT2D eigenvalue weighted by atomic mass is 35.5. The molecule has 0 bridgehead atoms. The number of hydrogen-bond donors (Lipinski definition) is 1. The van der Waals surface area contributed by atoms with E-state index in [9.17, 15) is 9.59 Å². The minimum atomic E-state index is -0.274. The molecule has 2 heterocycles. The zero-order valence-electron chi connectivity index (χ0n) is 14.6. The average molecular weight is 392 g/mol. The summed E-state index contributed by atoms with van der Waals surface area (Å²) in [6.45, 7) is 4.19. The number of benzene rings is 1. The van der Waals surface area contributed by atoms with Crippen LogP contribution in [0.2, 0.25) is 5.15 Å². The number of fused-ring (bicyclic) bond motifs is 1. The fourth-order valence-electron chi connectivity index (χ4n) is 2.16. The van der Waals surface area contributed by atoms with Gasteiger partial charge >= 0.3 is 5.97 Å². The number of carbonyl (C=O) groups is 2. The van der Waals surface area contributed by atoms with Crippen molar-refractivity contribution >= 4 is 51.1 Å². The Balaban J connectivity index is 0.000000189. The van der Waals surface area contributed by atoms with Crippen LogP contribution in [0.4, 0.5) is 5.69 Å². The van der Waals surface area contributed by atoms with Gasteiger partial charge in [0.2, 0.25) is 0 Å². The maximum absolute atomic E-state index is 11.4. The van der Waals surface area contributed by atoms with E-state index in [4.69, 9.17) is 16.3 Å². The van der Waals surface area contributed by atoms with E-state index in [0.717, 1.165) is 22.2 Å². The van der Waals surface area contributed by atoms with E-state index >= 15 is 0 Å². The lowest BCUT2D eigenvalue weighted by Crippen LogP contribution is -2.05. The van der Waals surface area contributed by atoms with E-state index in [2.05, 4.69) is 15.3 Å². The van der Waals surface area contributed by atoms with Gasteiger partial charge < -0.3 is 10.1 Å². The van der Waals surface area contributed by atoms with Crippen LogP contribution in [-0.2, 0) is 4.74 Å². The zero-order valence-corrected chi connectivity index (χ0v) is 16.1. The number of aryl methyl sites for hydroxylation is 1. The predicted molar refractivity (Wildman–Crippen MR) is 104 cm³/mol. The lowest BCUT2D eigenvalue weighted by atomic mass is 10.1. The summed E-state index contributed by atoms with van der Waals surface area (Å²) in [5.74, 6) is -0.274. The summed E-state index contributed by atoms with van der Waals surface area (Å²) < 4.78 is 5.67. The minimum Gasteiger partial charge on any atom is -0.462 e. The summed E-state index contributed by atoms with van der Waals surface area (Å²) >= 11 is 7.15. The molecule has 8 heteroatoms. The van der Waals surface area contributed by atoms with Crippen molar-refractivity contribution in [1.29, 1.82) is 0 Å². The van der Waals surface area contributed by atoms with Crippen molar-refractivity contribution in [3.63, 3.8) is 0 Å². The topological polar surface area (TPSA) is 81.2 Å². The Kier molecular flexibility index (Phi) is 7.06. The van der Waals surface area contributed by atoms with Crippen LogP contribution in [0, 0.1) is 6.92 Å². The molecular weight excluding hydrogens is 374 g/mol. The SMILES string of the molecule is CCOC(=O)c1ccc(C)c(NC)c1.O=Cc1csc2c(Cl)ncnc12. The first kappa shape index (κ1) is 19.8. The Morgan fingerprint density at radius 2 is 2.15 bits per heavy atom. The number of hydrogen-bond acceptors (Lipinski definition) is 7. The van der Waals surface area contributed by atoms with E-state index in [0.29, 0.717) is 28.4 Å². The largest absolute Gasteiger partial charge is 0.462 e. The lowest BCUT2D eigenvalue weighted by molar-refractivity contribution is 0.0526. The number of aldehydes is 1. The molecule has 0 amide bonds. The number of carbonyl (C=O) groups excluding carboxylic acids is 2. The predicted octanol–water partition coefficient (Wildman–Crippen LogP) is 4.37. The Morgan fingerprint density at radius 1 is 1.38 bits per heavy atom. The van der Waals surface area contributed by atoms with Crippen molar-refractivity contribution in [1.82, 2.24) is 9.97 Å². The number of ether oxygens (including phenoxy) is 1. The molecule has 26 heavy (non-hydrogen) atoms. The van der Waals surface area contributed by atoms with Crippen LogP contribution in [0.25, 0.3) is 10.2 Å². The minimum absolute atomic E-state index is 0.274. The van der Waals surface area contributed by atoms with Gasteiger partial charge in [-0.2, -0.15) is 0 Å². The van der Waals surface area contributed by atoms with Crippen molar-refractivity contribution in [2.75, 3.05) is 19.0 Å². The number of esters is 1. The molecule has 0 fully saturated rings. The maximum Gasteiger partial charge on any atom is 0.338 e. The highest BCUT2D eigenvalue weighted by molar-refractivity contribution is 7.18. The highest BCUT2D eigenvalue weighted by Crippen LogP contribution is 2.27. The zero-order chi connectivity index (χ0) is 19.1. The van der Waals surface area contributed by atoms with E-state index in [1.807, 2.05) is 20.0 Å². The molecule has 0 unspecified atom stereocenters. The molecule has 3 aromatic rings. The molecule has 0 radical (unpaired) electrons. The van der Waals surface area contributed by atoms with E-state index < -0.39 is 0 Å². The van der Waals surface area contributed by atoms with Crippen LogP contribution in [0.5, 0.6) is 0 Å². The van der Waals surface area contributed by atoms with Crippen LogP contribution in [0.3, 0.4) is 0 Å². The van der Waals surface area contributed by atoms with Gasteiger partial charge in [0.15, 0.2) is 6.29 Å². The van der Waals surface area contributed by atoms with Gasteiger partial charge in [-0.15, -0.1) is 11.3 Å². The van der Waals surface area contributed by atoms with Gasteiger partial charge in [0.05, 0.1) is 28.0 Å². The Labute approximate surface area is 160 Å². The van der Waals surface area contributed by atoms with Gasteiger partial charge in [0.1, 0.15) is 11.5 Å². The highest BCUT2D eigenvalue weighted by Gasteiger charge is 2.08. The van der Waals surface area contributed by atoms with Crippen LogP contribution in [-0.4, -0.2) is 35.9 Å². The van der Waals surface area contributed by atoms with E-state index in [1.165, 1.54) is 17.7 Å². The summed E-state index contributed by atoms with van der Waals surface area (Å²) in [6.07, 6.45) is 2.12. The average Bonchev–Trinajstić information content (AvgIpc) is 3.07. The molecule has 0 saturated carbocycles. The Morgan fingerprint density at radius 3 is 2.81 bits per heavy atom. The molecule has 0 spiro atoms. The molecule has 3 rings (SSSR count). The molecule has 0 saturated heterocycles. The second kappa shape index (κ2) is 9.26. The first-order chi connectivity index (χ1) is 12.5. The number of rotatable bonds is 4. The molecule has 0 aliphatic rings. The van der Waals surface area contributed by atoms with Crippen molar-refractivity contribution in [2.45, 2.75) is 13.8 Å². The summed E-state index contributed by atoms with van der Waals surface area (Å²) in [7, 11) is 1.83. The monoisotopic (exact) mass is 391 g/mol. The number of nitrogens with one attached hydrogen (secondary N) is 1. The third kappa shape index (κ3) is 4.56. The third-order valence-corrected chi connectivity index (χ3v) is 4.88. The van der Waals surface area contributed by atoms with Gasteiger partial charge in [0.25, 0.3) is 0 Å². The van der Waals surface area contributed by atoms with E-state index in [-0.39, 0.29) is 5.97 Å². The molecule has 1 N–H and O–H groups in total. The molecule has 0 aliphatic heterocycles. The molecule has 6 nitrogen and oxygen atoms in total. The molecule has 0 aliphatic carbocycles. The van der Waals surface area contributed by atoms with Crippen molar-refractivity contribution in [3.8, 4) is 0 Å². The van der Waals surface area contributed by atoms with Crippen LogP contribution < -0.4 is 5.32 Å². The third-order valence-electron chi connectivity index (χ3n) is 3.48. The summed E-state index contributed by atoms with van der Waals surface area (Å²) in [5.41, 5.74) is 3.85. The van der Waals surface area contributed by atoms with Crippen molar-refractivity contribution in [2.24, 2.45) is 0 Å². The first-order valence-electron chi connectivity index (χ1n) is 7.80. The van der Waals surface area contributed by atoms with Crippen LogP contribution >= 0.6 is 22.9 Å². The number of aromatic nitrogens is 2. The lowest BCUT2D eigenvalue weighted by Gasteiger charge is -2.07. The van der Waals surface area contributed by atoms with E-state index in [1.54, 1.807) is 24.4 Å². The standard InChI is InChI=1S/C11H15NO2.C7H3ClN2OS/c1-4-14-11(13)9-6-5-8(2)10(7-9)12-3;8-7-6-5(9-3-10-7)4(1-11)2-12-6/h5-7,12H,4H2,1-3H3;1-3H. The van der Waals surface area contributed by atoms with Crippen molar-refractivity contribution < 1.29 is 14.3 Å². The second-order valence-electron chi connectivity index (χ2n) is 5.15. The van der Waals surface area contributed by atoms with Gasteiger partial charge in [-0.1, -0.05) is 17.7 Å². The maximum atomic E-state index is 11.4. The Hall–Kier alpha value is -2.51. The molecule has 1 aromatic carbocycles. The first-order valence-corrected chi connectivity index (χ1v) is 9.06. The number of anilines is 1. The number of thiophene rings is 1. The molecule has 2 aromatic heterocycles. The molecule has 136 valence electrons. The fourth-order valence-corrected chi connectivity index (χ4v) is 3.27. The second-order valence-corrected chi connectivity index (χ2v) is 6.39. The number of halogens is 1. The Bertz CT molecular complexity index is 927. The summed E-state index contributed by atoms with van der Waals surface area (Å²) in [6, 6.07) is 5.47. The molecule has 0 atom stereocenters. The molecular formula is C18H18ClN3O3S. The van der Waals surface area contributed by atoms with Gasteiger partial charge in [0, 0.05) is 18.1 Å².